The van der Waals surface area contributed by atoms with Crippen LogP contribution < -0.4 is 73.1 Å². The third kappa shape index (κ3) is 5.97. The number of carbonyl (C=O) groups excluding carboxylic acids is 2. The van der Waals surface area contributed by atoms with Gasteiger partial charge in [-0.3, -0.25) is 9.78 Å². The second-order valence-electron chi connectivity index (χ2n) is 4.14. The molecule has 0 aliphatic heterocycles. The Bertz CT molecular complexity index is 712. The minimum absolute atomic E-state index is 0. The summed E-state index contributed by atoms with van der Waals surface area (Å²) in [7, 11) is 0. The fourth-order valence-electron chi connectivity index (χ4n) is 1.68. The number of aromatic nitrogens is 1. The SMILES string of the molecule is O=C([O-])CNC(=O)c1ncc(-c2cccc(F)c2)cc1[O-].[K+].[NH4+]. The van der Waals surface area contributed by atoms with Gasteiger partial charge >= 0.3 is 51.4 Å². The summed E-state index contributed by atoms with van der Waals surface area (Å²) < 4.78 is 13.1. The molecular formula is C14H13FKN3O4. The molecule has 0 radical (unpaired) electrons. The fraction of sp³-hybridized carbons (Fsp3) is 0.0714. The number of aliphatic carboxylic acids is 1. The monoisotopic (exact) mass is 345 g/mol. The Morgan fingerprint density at radius 1 is 1.22 bits per heavy atom. The molecular weight excluding hydrogens is 332 g/mol. The van der Waals surface area contributed by atoms with Crippen LogP contribution in [0.1, 0.15) is 10.5 Å². The molecule has 2 aromatic rings. The summed E-state index contributed by atoms with van der Waals surface area (Å²) in [5, 5.41) is 24.0. The summed E-state index contributed by atoms with van der Waals surface area (Å²) in [6, 6.07) is 6.70. The van der Waals surface area contributed by atoms with Crippen molar-refractivity contribution in [1.82, 2.24) is 16.5 Å². The van der Waals surface area contributed by atoms with Gasteiger partial charge < -0.3 is 26.5 Å². The molecule has 0 fully saturated rings. The van der Waals surface area contributed by atoms with Crippen molar-refractivity contribution < 1.29 is 75.6 Å². The maximum Gasteiger partial charge on any atom is 1.00 e. The number of rotatable bonds is 4. The summed E-state index contributed by atoms with van der Waals surface area (Å²) in [4.78, 5) is 25.5. The number of benzene rings is 1. The van der Waals surface area contributed by atoms with Gasteiger partial charge in [0.25, 0.3) is 5.91 Å². The molecule has 0 spiro atoms. The van der Waals surface area contributed by atoms with Crippen LogP contribution in [0.5, 0.6) is 5.75 Å². The van der Waals surface area contributed by atoms with E-state index in [0.29, 0.717) is 11.1 Å². The molecule has 0 aliphatic carbocycles. The minimum atomic E-state index is -1.48. The Hall–Kier alpha value is -1.36. The zero-order valence-corrected chi connectivity index (χ0v) is 15.8. The first kappa shape index (κ1) is 21.6. The number of quaternary nitrogens is 1. The zero-order valence-electron chi connectivity index (χ0n) is 12.6. The molecule has 116 valence electrons. The molecule has 0 saturated carbocycles. The number of pyridine rings is 1. The average Bonchev–Trinajstić information content (AvgIpc) is 2.44. The molecule has 0 bridgehead atoms. The molecule has 2 rings (SSSR count). The van der Waals surface area contributed by atoms with Gasteiger partial charge in [-0.2, -0.15) is 0 Å². The predicted octanol–water partition coefficient (Wildman–Crippen LogP) is -3.18. The van der Waals surface area contributed by atoms with Gasteiger partial charge in [-0.25, -0.2) is 4.39 Å². The number of hydrogen-bond acceptors (Lipinski definition) is 5. The van der Waals surface area contributed by atoms with E-state index in [2.05, 4.69) is 4.98 Å². The average molecular weight is 345 g/mol. The number of amides is 1. The predicted molar refractivity (Wildman–Crippen MR) is 72.4 cm³/mol. The second kappa shape index (κ2) is 9.70. The molecule has 0 aliphatic rings. The number of nitrogens with zero attached hydrogens (tertiary/aromatic N) is 1. The third-order valence-corrected chi connectivity index (χ3v) is 2.62. The van der Waals surface area contributed by atoms with Crippen molar-refractivity contribution in [3.8, 4) is 16.9 Å². The standard InChI is InChI=1S/C14H11FN2O4.K.H3N/c15-10-3-1-2-8(4-10)9-5-11(18)13(16-6-9)14(21)17-7-12(19)20;;/h1-6,18H,7H2,(H,17,21)(H,19,20);;1H3/q;+1;/p-1. The second-order valence-corrected chi connectivity index (χ2v) is 4.14. The summed E-state index contributed by atoms with van der Waals surface area (Å²) in [6.07, 6.45) is 1.24. The van der Waals surface area contributed by atoms with Gasteiger partial charge in [-0.15, -0.1) is 0 Å². The van der Waals surface area contributed by atoms with Gasteiger partial charge in [0.1, 0.15) is 11.5 Å². The molecule has 0 atom stereocenters. The van der Waals surface area contributed by atoms with Crippen LogP contribution in [-0.4, -0.2) is 23.4 Å². The van der Waals surface area contributed by atoms with Crippen molar-refractivity contribution >= 4 is 11.9 Å². The number of carboxylic acids is 1. The maximum atomic E-state index is 13.1. The first-order chi connectivity index (χ1) is 9.97. The van der Waals surface area contributed by atoms with Gasteiger partial charge in [0.2, 0.25) is 0 Å². The number of carbonyl (C=O) groups is 2. The van der Waals surface area contributed by atoms with Crippen LogP contribution in [0, 0.1) is 5.82 Å². The Morgan fingerprint density at radius 3 is 2.48 bits per heavy atom. The van der Waals surface area contributed by atoms with E-state index in [9.17, 15) is 24.2 Å². The molecule has 0 unspecified atom stereocenters. The quantitative estimate of drug-likeness (QED) is 0.562. The Balaban J connectivity index is 0.00000242. The van der Waals surface area contributed by atoms with Crippen LogP contribution in [0.25, 0.3) is 11.1 Å². The van der Waals surface area contributed by atoms with Gasteiger partial charge in [0, 0.05) is 6.20 Å². The van der Waals surface area contributed by atoms with E-state index < -0.39 is 35.7 Å². The fourth-order valence-corrected chi connectivity index (χ4v) is 1.68. The van der Waals surface area contributed by atoms with E-state index in [1.54, 1.807) is 6.07 Å². The van der Waals surface area contributed by atoms with E-state index in [4.69, 9.17) is 0 Å². The molecule has 9 heteroatoms. The van der Waals surface area contributed by atoms with Crippen LogP contribution >= 0.6 is 0 Å². The van der Waals surface area contributed by atoms with Crippen molar-refractivity contribution in [2.24, 2.45) is 0 Å². The summed E-state index contributed by atoms with van der Waals surface area (Å²) in [5.74, 6) is -3.54. The first-order valence-electron chi connectivity index (χ1n) is 5.88. The van der Waals surface area contributed by atoms with E-state index in [-0.39, 0.29) is 57.5 Å². The Kier molecular flexibility index (Phi) is 9.13. The smallest absolute Gasteiger partial charge is 0.871 e. The zero-order chi connectivity index (χ0) is 15.4. The topological polar surface area (TPSA) is 142 Å². The van der Waals surface area contributed by atoms with Crippen molar-refractivity contribution in [3.05, 3.63) is 48.0 Å². The minimum Gasteiger partial charge on any atom is -0.871 e. The molecule has 7 nitrogen and oxygen atoms in total. The van der Waals surface area contributed by atoms with E-state index in [0.717, 1.165) is 6.07 Å². The first-order valence-corrected chi connectivity index (χ1v) is 5.88. The Labute approximate surface area is 173 Å². The summed E-state index contributed by atoms with van der Waals surface area (Å²) in [6.45, 7) is -0.717. The van der Waals surface area contributed by atoms with Crippen molar-refractivity contribution in [2.45, 2.75) is 0 Å². The van der Waals surface area contributed by atoms with E-state index >= 15 is 0 Å². The molecule has 5 N–H and O–H groups in total. The van der Waals surface area contributed by atoms with Crippen LogP contribution in [-0.2, 0) is 4.79 Å². The molecule has 1 heterocycles. The maximum absolute atomic E-state index is 13.1. The van der Waals surface area contributed by atoms with E-state index in [1.807, 2.05) is 5.32 Å². The molecule has 23 heavy (non-hydrogen) atoms. The van der Waals surface area contributed by atoms with Crippen molar-refractivity contribution in [3.63, 3.8) is 0 Å². The molecule has 1 aromatic heterocycles. The van der Waals surface area contributed by atoms with Crippen LogP contribution in [0.15, 0.2) is 36.5 Å². The summed E-state index contributed by atoms with van der Waals surface area (Å²) in [5.41, 5.74) is 0.369. The van der Waals surface area contributed by atoms with Crippen molar-refractivity contribution in [1.29, 1.82) is 0 Å². The Morgan fingerprint density at radius 2 is 1.91 bits per heavy atom. The third-order valence-electron chi connectivity index (χ3n) is 2.62. The number of halogens is 1. The van der Waals surface area contributed by atoms with Crippen LogP contribution in [0.3, 0.4) is 0 Å². The van der Waals surface area contributed by atoms with Gasteiger partial charge in [-0.1, -0.05) is 23.9 Å². The molecule has 1 amide bonds. The van der Waals surface area contributed by atoms with Gasteiger partial charge in [0.15, 0.2) is 0 Å². The van der Waals surface area contributed by atoms with Crippen LogP contribution in [0.2, 0.25) is 0 Å². The molecule has 1 aromatic carbocycles. The summed E-state index contributed by atoms with van der Waals surface area (Å²) >= 11 is 0. The van der Waals surface area contributed by atoms with Crippen molar-refractivity contribution in [2.75, 3.05) is 6.54 Å². The van der Waals surface area contributed by atoms with Gasteiger partial charge in [0.05, 0.1) is 12.5 Å². The molecule has 0 saturated heterocycles. The van der Waals surface area contributed by atoms with Gasteiger partial charge in [-0.05, 0) is 23.3 Å². The normalized spacial score (nSPS) is 9.26. The van der Waals surface area contributed by atoms with Crippen LogP contribution in [0.4, 0.5) is 4.39 Å². The number of hydrogen-bond donors (Lipinski definition) is 2. The number of carboxylic acid groups (broad SMARTS) is 1. The van der Waals surface area contributed by atoms with E-state index in [1.165, 1.54) is 24.4 Å². The largest absolute Gasteiger partial charge is 1.00 e. The number of nitrogens with one attached hydrogen (secondary N) is 1.